The van der Waals surface area contributed by atoms with Gasteiger partial charge < -0.3 is 10.6 Å². The molecule has 2 aromatic rings. The molecular weight excluding hydrogens is 240 g/mol. The van der Waals surface area contributed by atoms with Crippen molar-refractivity contribution in [2.45, 2.75) is 32.0 Å². The Balaban J connectivity index is 1.89. The standard InChI is InChI=1S/C15H18N2S/c16-9-13-3-1-2-4-15(13)17(14-5-6-14)10-12-7-8-18-11-12/h1-4,7-8,11,14H,5-6,9-10,16H2. The van der Waals surface area contributed by atoms with Gasteiger partial charge >= 0.3 is 0 Å². The third-order valence-corrected chi connectivity index (χ3v) is 4.17. The average Bonchev–Trinajstić information content (AvgIpc) is 3.13. The van der Waals surface area contributed by atoms with Crippen LogP contribution in [0.25, 0.3) is 0 Å². The summed E-state index contributed by atoms with van der Waals surface area (Å²) in [6, 6.07) is 11.4. The van der Waals surface area contributed by atoms with E-state index in [1.807, 2.05) is 0 Å². The summed E-state index contributed by atoms with van der Waals surface area (Å²) in [4.78, 5) is 2.52. The molecule has 1 fully saturated rings. The second-order valence-electron chi connectivity index (χ2n) is 4.82. The molecule has 0 saturated heterocycles. The largest absolute Gasteiger partial charge is 0.364 e. The van der Waals surface area contributed by atoms with Crippen molar-refractivity contribution in [3.8, 4) is 0 Å². The molecule has 1 heterocycles. The van der Waals surface area contributed by atoms with Crippen LogP contribution in [0.2, 0.25) is 0 Å². The lowest BCUT2D eigenvalue weighted by atomic mass is 10.1. The predicted octanol–water partition coefficient (Wildman–Crippen LogP) is 3.38. The Morgan fingerprint density at radius 3 is 2.72 bits per heavy atom. The van der Waals surface area contributed by atoms with E-state index in [0.29, 0.717) is 12.6 Å². The lowest BCUT2D eigenvalue weighted by molar-refractivity contribution is 0.788. The zero-order valence-electron chi connectivity index (χ0n) is 10.4. The van der Waals surface area contributed by atoms with Gasteiger partial charge in [-0.25, -0.2) is 0 Å². The van der Waals surface area contributed by atoms with Crippen LogP contribution in [-0.2, 0) is 13.1 Å². The van der Waals surface area contributed by atoms with E-state index in [4.69, 9.17) is 5.73 Å². The lowest BCUT2D eigenvalue weighted by Crippen LogP contribution is -2.26. The first-order chi connectivity index (χ1) is 8.88. The third kappa shape index (κ3) is 2.42. The Morgan fingerprint density at radius 1 is 1.22 bits per heavy atom. The number of para-hydroxylation sites is 1. The van der Waals surface area contributed by atoms with Crippen LogP contribution in [0.1, 0.15) is 24.0 Å². The Labute approximate surface area is 112 Å². The van der Waals surface area contributed by atoms with Gasteiger partial charge in [-0.3, -0.25) is 0 Å². The Morgan fingerprint density at radius 2 is 2.06 bits per heavy atom. The van der Waals surface area contributed by atoms with Gasteiger partial charge in [0.2, 0.25) is 0 Å². The summed E-state index contributed by atoms with van der Waals surface area (Å²) in [6.07, 6.45) is 2.62. The molecule has 1 aromatic carbocycles. The van der Waals surface area contributed by atoms with E-state index in [9.17, 15) is 0 Å². The van der Waals surface area contributed by atoms with Gasteiger partial charge in [0.1, 0.15) is 0 Å². The number of anilines is 1. The van der Waals surface area contributed by atoms with Crippen LogP contribution in [0.15, 0.2) is 41.1 Å². The fourth-order valence-electron chi connectivity index (χ4n) is 2.34. The van der Waals surface area contributed by atoms with Crippen molar-refractivity contribution in [1.29, 1.82) is 0 Å². The first-order valence-electron chi connectivity index (χ1n) is 6.44. The minimum atomic E-state index is 0.614. The minimum Gasteiger partial charge on any atom is -0.364 e. The van der Waals surface area contributed by atoms with Gasteiger partial charge in [0.15, 0.2) is 0 Å². The van der Waals surface area contributed by atoms with Crippen molar-refractivity contribution < 1.29 is 0 Å². The highest BCUT2D eigenvalue weighted by atomic mass is 32.1. The number of nitrogens with zero attached hydrogens (tertiary/aromatic N) is 1. The van der Waals surface area contributed by atoms with Crippen molar-refractivity contribution in [2.24, 2.45) is 5.73 Å². The molecule has 0 radical (unpaired) electrons. The van der Waals surface area contributed by atoms with E-state index in [1.165, 1.54) is 29.7 Å². The number of benzene rings is 1. The highest BCUT2D eigenvalue weighted by Gasteiger charge is 2.30. The van der Waals surface area contributed by atoms with Gasteiger partial charge in [-0.1, -0.05) is 18.2 Å². The number of thiophene rings is 1. The Kier molecular flexibility index (Phi) is 3.35. The van der Waals surface area contributed by atoms with Crippen LogP contribution in [0.5, 0.6) is 0 Å². The average molecular weight is 258 g/mol. The number of rotatable bonds is 5. The molecule has 0 spiro atoms. The summed E-state index contributed by atoms with van der Waals surface area (Å²) in [7, 11) is 0. The van der Waals surface area contributed by atoms with E-state index in [-0.39, 0.29) is 0 Å². The zero-order chi connectivity index (χ0) is 12.4. The van der Waals surface area contributed by atoms with Gasteiger partial charge in [-0.05, 0) is 46.9 Å². The topological polar surface area (TPSA) is 29.3 Å². The summed E-state index contributed by atoms with van der Waals surface area (Å²) in [5, 5.41) is 4.38. The van der Waals surface area contributed by atoms with Crippen molar-refractivity contribution in [2.75, 3.05) is 4.90 Å². The van der Waals surface area contributed by atoms with Gasteiger partial charge in [0.25, 0.3) is 0 Å². The molecule has 2 nitrogen and oxygen atoms in total. The second kappa shape index (κ2) is 5.12. The molecule has 2 N–H and O–H groups in total. The van der Waals surface area contributed by atoms with Gasteiger partial charge in [0, 0.05) is 24.8 Å². The number of hydrogen-bond donors (Lipinski definition) is 1. The van der Waals surface area contributed by atoms with Crippen LogP contribution in [0.3, 0.4) is 0 Å². The smallest absolute Gasteiger partial charge is 0.0440 e. The first-order valence-corrected chi connectivity index (χ1v) is 7.38. The fourth-order valence-corrected chi connectivity index (χ4v) is 3.00. The molecule has 0 atom stereocenters. The van der Waals surface area contributed by atoms with E-state index in [0.717, 1.165) is 6.54 Å². The summed E-state index contributed by atoms with van der Waals surface area (Å²) in [6.45, 7) is 1.62. The van der Waals surface area contributed by atoms with E-state index in [2.05, 4.69) is 46.0 Å². The van der Waals surface area contributed by atoms with Gasteiger partial charge in [-0.15, -0.1) is 0 Å². The van der Waals surface area contributed by atoms with Crippen LogP contribution in [0, 0.1) is 0 Å². The summed E-state index contributed by atoms with van der Waals surface area (Å²) in [5.74, 6) is 0. The van der Waals surface area contributed by atoms with Crippen molar-refractivity contribution in [3.05, 3.63) is 52.2 Å². The minimum absolute atomic E-state index is 0.614. The maximum absolute atomic E-state index is 5.86. The highest BCUT2D eigenvalue weighted by Crippen LogP contribution is 2.35. The number of nitrogens with two attached hydrogens (primary N) is 1. The van der Waals surface area contributed by atoms with Crippen molar-refractivity contribution in [1.82, 2.24) is 0 Å². The van der Waals surface area contributed by atoms with Gasteiger partial charge in [0.05, 0.1) is 0 Å². The molecule has 1 aliphatic carbocycles. The molecule has 1 saturated carbocycles. The molecule has 0 bridgehead atoms. The molecular formula is C15H18N2S. The molecule has 94 valence electrons. The lowest BCUT2D eigenvalue weighted by Gasteiger charge is -2.26. The summed E-state index contributed by atoms with van der Waals surface area (Å²) < 4.78 is 0. The zero-order valence-corrected chi connectivity index (χ0v) is 11.2. The molecule has 0 unspecified atom stereocenters. The van der Waals surface area contributed by atoms with Crippen molar-refractivity contribution >= 4 is 17.0 Å². The SMILES string of the molecule is NCc1ccccc1N(Cc1ccsc1)C1CC1. The molecule has 1 aromatic heterocycles. The van der Waals surface area contributed by atoms with Crippen LogP contribution >= 0.6 is 11.3 Å². The fraction of sp³-hybridized carbons (Fsp3) is 0.333. The maximum atomic E-state index is 5.86. The quantitative estimate of drug-likeness (QED) is 0.891. The molecule has 18 heavy (non-hydrogen) atoms. The van der Waals surface area contributed by atoms with E-state index < -0.39 is 0 Å². The third-order valence-electron chi connectivity index (χ3n) is 3.44. The number of hydrogen-bond acceptors (Lipinski definition) is 3. The molecule has 3 heteroatoms. The Bertz CT molecular complexity index is 503. The van der Waals surface area contributed by atoms with E-state index >= 15 is 0 Å². The monoisotopic (exact) mass is 258 g/mol. The normalized spacial score (nSPS) is 14.7. The highest BCUT2D eigenvalue weighted by molar-refractivity contribution is 7.07. The summed E-state index contributed by atoms with van der Waals surface area (Å²) in [5.41, 5.74) is 9.82. The molecule has 3 rings (SSSR count). The molecule has 0 amide bonds. The van der Waals surface area contributed by atoms with Crippen LogP contribution < -0.4 is 10.6 Å². The van der Waals surface area contributed by atoms with Crippen molar-refractivity contribution in [3.63, 3.8) is 0 Å². The van der Waals surface area contributed by atoms with Crippen LogP contribution in [-0.4, -0.2) is 6.04 Å². The predicted molar refractivity (Wildman–Crippen MR) is 77.9 cm³/mol. The maximum Gasteiger partial charge on any atom is 0.0440 e. The molecule has 0 aliphatic heterocycles. The molecule has 1 aliphatic rings. The second-order valence-corrected chi connectivity index (χ2v) is 5.60. The van der Waals surface area contributed by atoms with Crippen LogP contribution in [0.4, 0.5) is 5.69 Å². The Hall–Kier alpha value is -1.32. The van der Waals surface area contributed by atoms with Gasteiger partial charge in [-0.2, -0.15) is 11.3 Å². The van der Waals surface area contributed by atoms with E-state index in [1.54, 1.807) is 11.3 Å². The summed E-state index contributed by atoms with van der Waals surface area (Å²) >= 11 is 1.77. The first kappa shape index (κ1) is 11.8.